The fourth-order valence-corrected chi connectivity index (χ4v) is 0.612. The molecular formula is C8H19N. The molecule has 0 saturated carbocycles. The van der Waals surface area contributed by atoms with Crippen LogP contribution in [0, 0.1) is 5.41 Å². The van der Waals surface area contributed by atoms with Crippen molar-refractivity contribution in [3.8, 4) is 0 Å². The van der Waals surface area contributed by atoms with Gasteiger partial charge in [-0.15, -0.1) is 0 Å². The Labute approximate surface area is 58.8 Å². The molecule has 0 unspecified atom stereocenters. The molecule has 1 N–H and O–H groups in total. The van der Waals surface area contributed by atoms with Gasteiger partial charge in [0.25, 0.3) is 0 Å². The van der Waals surface area contributed by atoms with Crippen LogP contribution in [0.5, 0.6) is 0 Å². The molecule has 0 aliphatic carbocycles. The van der Waals surface area contributed by atoms with Gasteiger partial charge >= 0.3 is 0 Å². The maximum atomic E-state index is 3.39. The van der Waals surface area contributed by atoms with E-state index < -0.39 is 0 Å². The first-order valence-electron chi connectivity index (χ1n) is 3.72. The molecule has 0 fully saturated rings. The molecule has 0 aliphatic heterocycles. The van der Waals surface area contributed by atoms with Gasteiger partial charge in [-0.1, -0.05) is 27.7 Å². The van der Waals surface area contributed by atoms with Gasteiger partial charge in [0.15, 0.2) is 0 Å². The van der Waals surface area contributed by atoms with Crippen molar-refractivity contribution >= 4 is 0 Å². The Balaban J connectivity index is 3.59. The normalized spacial score (nSPS) is 15.7. The highest BCUT2D eigenvalue weighted by Crippen LogP contribution is 2.17. The zero-order valence-corrected chi connectivity index (χ0v) is 7.28. The van der Waals surface area contributed by atoms with E-state index in [0.29, 0.717) is 11.5 Å². The summed E-state index contributed by atoms with van der Waals surface area (Å²) in [5.41, 5.74) is 0.399. The van der Waals surface area contributed by atoms with Crippen molar-refractivity contribution < 1.29 is 0 Å². The standard InChI is InChI=1S/C8H19N/c1-6-9-7(2)8(3,4)5/h7,9H,6H2,1-5H3/t7-/m1/s1. The van der Waals surface area contributed by atoms with E-state index in [1.807, 2.05) is 0 Å². The van der Waals surface area contributed by atoms with Crippen molar-refractivity contribution in [3.63, 3.8) is 0 Å². The number of hydrogen-bond acceptors (Lipinski definition) is 1. The molecule has 0 aromatic heterocycles. The first kappa shape index (κ1) is 8.96. The van der Waals surface area contributed by atoms with Crippen LogP contribution in [0.25, 0.3) is 0 Å². The molecule has 0 aromatic rings. The second-order valence-electron chi connectivity index (χ2n) is 3.65. The average Bonchev–Trinajstić information content (AvgIpc) is 1.64. The summed E-state index contributed by atoms with van der Waals surface area (Å²) in [4.78, 5) is 0. The molecule has 0 aliphatic rings. The summed E-state index contributed by atoms with van der Waals surface area (Å²) in [6.07, 6.45) is 0. The van der Waals surface area contributed by atoms with Crippen LogP contribution in [0.2, 0.25) is 0 Å². The van der Waals surface area contributed by atoms with Crippen molar-refractivity contribution in [2.24, 2.45) is 5.41 Å². The molecule has 0 rings (SSSR count). The van der Waals surface area contributed by atoms with Crippen molar-refractivity contribution in [1.29, 1.82) is 0 Å². The van der Waals surface area contributed by atoms with Gasteiger partial charge in [0.2, 0.25) is 0 Å². The summed E-state index contributed by atoms with van der Waals surface area (Å²) in [5.74, 6) is 0. The molecule has 0 bridgehead atoms. The van der Waals surface area contributed by atoms with Gasteiger partial charge in [-0.05, 0) is 18.9 Å². The third-order valence-electron chi connectivity index (χ3n) is 1.81. The Bertz CT molecular complexity index is 71.1. The predicted molar refractivity (Wildman–Crippen MR) is 42.6 cm³/mol. The van der Waals surface area contributed by atoms with Crippen LogP contribution in [0.3, 0.4) is 0 Å². The Kier molecular flexibility index (Phi) is 3.20. The lowest BCUT2D eigenvalue weighted by Crippen LogP contribution is -2.37. The quantitative estimate of drug-likeness (QED) is 0.601. The molecular weight excluding hydrogens is 110 g/mol. The number of hydrogen-bond donors (Lipinski definition) is 1. The highest BCUT2D eigenvalue weighted by atomic mass is 14.9. The molecule has 0 amide bonds. The zero-order valence-electron chi connectivity index (χ0n) is 7.28. The van der Waals surface area contributed by atoms with Crippen LogP contribution in [-0.4, -0.2) is 12.6 Å². The van der Waals surface area contributed by atoms with Crippen LogP contribution < -0.4 is 5.32 Å². The van der Waals surface area contributed by atoms with Crippen LogP contribution in [0.1, 0.15) is 34.6 Å². The van der Waals surface area contributed by atoms with Crippen molar-refractivity contribution in [3.05, 3.63) is 0 Å². The minimum absolute atomic E-state index is 0.399. The molecule has 0 radical (unpaired) electrons. The van der Waals surface area contributed by atoms with E-state index >= 15 is 0 Å². The van der Waals surface area contributed by atoms with Crippen molar-refractivity contribution in [2.75, 3.05) is 6.54 Å². The zero-order chi connectivity index (χ0) is 7.49. The van der Waals surface area contributed by atoms with Crippen molar-refractivity contribution in [1.82, 2.24) is 5.32 Å². The first-order valence-corrected chi connectivity index (χ1v) is 3.72. The minimum atomic E-state index is 0.399. The van der Waals surface area contributed by atoms with E-state index in [-0.39, 0.29) is 0 Å². The summed E-state index contributed by atoms with van der Waals surface area (Å²) in [5, 5.41) is 3.39. The van der Waals surface area contributed by atoms with Gasteiger partial charge < -0.3 is 5.32 Å². The predicted octanol–water partition coefficient (Wildman–Crippen LogP) is 2.03. The fraction of sp³-hybridized carbons (Fsp3) is 1.00. The summed E-state index contributed by atoms with van der Waals surface area (Å²) in [7, 11) is 0. The maximum Gasteiger partial charge on any atom is 0.00871 e. The molecule has 1 atom stereocenters. The highest BCUT2D eigenvalue weighted by molar-refractivity contribution is 4.74. The average molecular weight is 129 g/mol. The van der Waals surface area contributed by atoms with E-state index in [0.717, 1.165) is 6.54 Å². The summed E-state index contributed by atoms with van der Waals surface area (Å²) >= 11 is 0. The van der Waals surface area contributed by atoms with E-state index in [9.17, 15) is 0 Å². The topological polar surface area (TPSA) is 12.0 Å². The van der Waals surface area contributed by atoms with Crippen LogP contribution >= 0.6 is 0 Å². The second kappa shape index (κ2) is 3.21. The molecule has 0 heterocycles. The molecule has 1 heteroatoms. The third kappa shape index (κ3) is 3.52. The molecule has 0 spiro atoms. The van der Waals surface area contributed by atoms with Gasteiger partial charge in [-0.25, -0.2) is 0 Å². The van der Waals surface area contributed by atoms with Crippen LogP contribution in [0.15, 0.2) is 0 Å². The lowest BCUT2D eigenvalue weighted by atomic mass is 9.88. The van der Waals surface area contributed by atoms with Gasteiger partial charge in [-0.2, -0.15) is 0 Å². The molecule has 9 heavy (non-hydrogen) atoms. The lowest BCUT2D eigenvalue weighted by Gasteiger charge is -2.27. The van der Waals surface area contributed by atoms with E-state index in [2.05, 4.69) is 39.9 Å². The van der Waals surface area contributed by atoms with E-state index in [1.54, 1.807) is 0 Å². The number of rotatable bonds is 2. The minimum Gasteiger partial charge on any atom is -0.314 e. The molecule has 56 valence electrons. The fourth-order valence-electron chi connectivity index (χ4n) is 0.612. The smallest absolute Gasteiger partial charge is 0.00871 e. The second-order valence-corrected chi connectivity index (χ2v) is 3.65. The van der Waals surface area contributed by atoms with Gasteiger partial charge in [-0.3, -0.25) is 0 Å². The monoisotopic (exact) mass is 129 g/mol. The van der Waals surface area contributed by atoms with Gasteiger partial charge in [0.1, 0.15) is 0 Å². The van der Waals surface area contributed by atoms with E-state index in [4.69, 9.17) is 0 Å². The summed E-state index contributed by atoms with van der Waals surface area (Å²) in [6.45, 7) is 12.2. The molecule has 1 nitrogen and oxygen atoms in total. The number of nitrogens with one attached hydrogen (secondary N) is 1. The Morgan fingerprint density at radius 3 is 1.89 bits per heavy atom. The first-order chi connectivity index (χ1) is 3.98. The van der Waals surface area contributed by atoms with Gasteiger partial charge in [0.05, 0.1) is 0 Å². The summed E-state index contributed by atoms with van der Waals surface area (Å²) < 4.78 is 0. The Morgan fingerprint density at radius 2 is 1.78 bits per heavy atom. The summed E-state index contributed by atoms with van der Waals surface area (Å²) in [6, 6.07) is 0.613. The van der Waals surface area contributed by atoms with E-state index in [1.165, 1.54) is 0 Å². The third-order valence-corrected chi connectivity index (χ3v) is 1.81. The maximum absolute atomic E-state index is 3.39. The van der Waals surface area contributed by atoms with Gasteiger partial charge in [0, 0.05) is 6.04 Å². The Hall–Kier alpha value is -0.0400. The van der Waals surface area contributed by atoms with Crippen molar-refractivity contribution in [2.45, 2.75) is 40.7 Å². The SMILES string of the molecule is CCN[C@H](C)C(C)(C)C. The van der Waals surface area contributed by atoms with Crippen LogP contribution in [0.4, 0.5) is 0 Å². The molecule has 0 saturated heterocycles. The van der Waals surface area contributed by atoms with Crippen LogP contribution in [-0.2, 0) is 0 Å². The largest absolute Gasteiger partial charge is 0.314 e. The molecule has 0 aromatic carbocycles. The Morgan fingerprint density at radius 1 is 1.33 bits per heavy atom. The highest BCUT2D eigenvalue weighted by Gasteiger charge is 2.17. The lowest BCUT2D eigenvalue weighted by molar-refractivity contribution is 0.291.